The first-order valence-electron chi connectivity index (χ1n) is 9.00. The van der Waals surface area contributed by atoms with Crippen LogP contribution in [0.4, 0.5) is 17.6 Å². The summed E-state index contributed by atoms with van der Waals surface area (Å²) in [7, 11) is 0. The van der Waals surface area contributed by atoms with Crippen LogP contribution in [0.2, 0.25) is 0 Å². The van der Waals surface area contributed by atoms with E-state index >= 15 is 0 Å². The van der Waals surface area contributed by atoms with E-state index in [0.29, 0.717) is 6.54 Å². The molecule has 160 valence electrons. The number of carboxylic acid groups (broad SMARTS) is 1. The summed E-state index contributed by atoms with van der Waals surface area (Å²) in [5.41, 5.74) is 2.16. The molecular weight excluding hydrogens is 406 g/mol. The van der Waals surface area contributed by atoms with Gasteiger partial charge in [0, 0.05) is 38.2 Å². The molecule has 1 aliphatic heterocycles. The smallest absolute Gasteiger partial charge is 0.475 e. The summed E-state index contributed by atoms with van der Waals surface area (Å²) in [6.07, 6.45) is 0.756. The molecule has 7 nitrogen and oxygen atoms in total. The Hall–Kier alpha value is -3.21. The highest BCUT2D eigenvalue weighted by Gasteiger charge is 2.38. The van der Waals surface area contributed by atoms with Crippen molar-refractivity contribution in [2.45, 2.75) is 32.4 Å². The number of benzene rings is 1. The van der Waals surface area contributed by atoms with E-state index in [2.05, 4.69) is 20.8 Å². The van der Waals surface area contributed by atoms with Gasteiger partial charge >= 0.3 is 12.1 Å². The Kier molecular flexibility index (Phi) is 6.50. The maximum absolute atomic E-state index is 13.0. The monoisotopic (exact) mass is 425 g/mol. The van der Waals surface area contributed by atoms with E-state index in [1.165, 1.54) is 12.1 Å². The van der Waals surface area contributed by atoms with Crippen LogP contribution in [-0.4, -0.2) is 48.0 Å². The minimum absolute atomic E-state index is 0.189. The van der Waals surface area contributed by atoms with Gasteiger partial charge in [0.25, 0.3) is 0 Å². The number of carbonyl (C=O) groups is 1. The summed E-state index contributed by atoms with van der Waals surface area (Å²) in [6.45, 7) is 4.24. The number of halogens is 4. The number of imidazole rings is 1. The Labute approximate surface area is 169 Å². The van der Waals surface area contributed by atoms with Crippen molar-refractivity contribution in [3.8, 4) is 0 Å². The van der Waals surface area contributed by atoms with E-state index in [4.69, 9.17) is 14.9 Å². The average molecular weight is 425 g/mol. The van der Waals surface area contributed by atoms with Crippen molar-refractivity contribution in [1.82, 2.24) is 24.2 Å². The molecule has 1 aliphatic rings. The first-order valence-corrected chi connectivity index (χ1v) is 9.00. The largest absolute Gasteiger partial charge is 0.490 e. The third-order valence-electron chi connectivity index (χ3n) is 4.38. The molecule has 30 heavy (non-hydrogen) atoms. The molecule has 1 aromatic carbocycles. The number of hydrogen-bond acceptors (Lipinski definition) is 4. The number of alkyl halides is 3. The summed E-state index contributed by atoms with van der Waals surface area (Å²) < 4.78 is 48.8. The number of aliphatic carboxylic acids is 1. The summed E-state index contributed by atoms with van der Waals surface area (Å²) in [6, 6.07) is 8.64. The molecule has 0 saturated heterocycles. The molecule has 0 radical (unpaired) electrons. The van der Waals surface area contributed by atoms with Crippen LogP contribution in [0.25, 0.3) is 0 Å². The van der Waals surface area contributed by atoms with Crippen molar-refractivity contribution in [3.63, 3.8) is 0 Å². The molecule has 2 aromatic heterocycles. The van der Waals surface area contributed by atoms with Crippen molar-refractivity contribution in [1.29, 1.82) is 0 Å². The SMILES string of the molecule is Fc1ccc(CN2CCn3cc(Cn4cccn4)nc3C2)cc1.O=C(O)C(F)(F)F. The van der Waals surface area contributed by atoms with Gasteiger partial charge in [-0.25, -0.2) is 14.2 Å². The second-order valence-electron chi connectivity index (χ2n) is 6.69. The summed E-state index contributed by atoms with van der Waals surface area (Å²) in [4.78, 5) is 16.0. The molecule has 1 N–H and O–H groups in total. The minimum atomic E-state index is -5.08. The van der Waals surface area contributed by atoms with E-state index in [-0.39, 0.29) is 5.82 Å². The van der Waals surface area contributed by atoms with Crippen molar-refractivity contribution < 1.29 is 27.5 Å². The number of rotatable bonds is 4. The summed E-state index contributed by atoms with van der Waals surface area (Å²) in [5.74, 6) is -1.86. The van der Waals surface area contributed by atoms with Gasteiger partial charge in [0.15, 0.2) is 0 Å². The maximum Gasteiger partial charge on any atom is 0.490 e. The zero-order valence-electron chi connectivity index (χ0n) is 15.8. The van der Waals surface area contributed by atoms with Crippen molar-refractivity contribution in [2.24, 2.45) is 0 Å². The topological polar surface area (TPSA) is 76.2 Å². The van der Waals surface area contributed by atoms with Crippen LogP contribution in [0.3, 0.4) is 0 Å². The van der Waals surface area contributed by atoms with Gasteiger partial charge < -0.3 is 9.67 Å². The van der Waals surface area contributed by atoms with Crippen LogP contribution in [0.1, 0.15) is 17.1 Å². The van der Waals surface area contributed by atoms with Gasteiger partial charge in [0.1, 0.15) is 11.6 Å². The van der Waals surface area contributed by atoms with Crippen LogP contribution in [0, 0.1) is 5.82 Å². The molecule has 0 unspecified atom stereocenters. The van der Waals surface area contributed by atoms with Gasteiger partial charge in [-0.05, 0) is 23.8 Å². The quantitative estimate of drug-likeness (QED) is 0.651. The number of aromatic nitrogens is 4. The highest BCUT2D eigenvalue weighted by atomic mass is 19.4. The third-order valence-corrected chi connectivity index (χ3v) is 4.38. The Bertz CT molecular complexity index is 968. The Morgan fingerprint density at radius 2 is 1.83 bits per heavy atom. The van der Waals surface area contributed by atoms with Crippen molar-refractivity contribution in [2.75, 3.05) is 6.54 Å². The number of nitrogens with zero attached hydrogens (tertiary/aromatic N) is 5. The molecule has 11 heteroatoms. The summed E-state index contributed by atoms with van der Waals surface area (Å²) >= 11 is 0. The standard InChI is InChI=1S/C17H18FN5.C2HF3O2/c18-15-4-2-14(3-5-15)10-21-8-9-22-11-16(20-17(22)13-21)12-23-7-1-6-19-23;3-2(4,5)1(6)7/h1-7,11H,8-10,12-13H2;(H,6,7). The van der Waals surface area contributed by atoms with Crippen LogP contribution < -0.4 is 0 Å². The molecule has 3 aromatic rings. The third kappa shape index (κ3) is 5.89. The van der Waals surface area contributed by atoms with Gasteiger partial charge in [-0.3, -0.25) is 9.58 Å². The predicted octanol–water partition coefficient (Wildman–Crippen LogP) is 2.92. The number of carboxylic acids is 1. The van der Waals surface area contributed by atoms with E-state index in [1.54, 1.807) is 6.20 Å². The molecule has 0 saturated carbocycles. The van der Waals surface area contributed by atoms with Crippen molar-refractivity contribution >= 4 is 5.97 Å². The Morgan fingerprint density at radius 1 is 1.13 bits per heavy atom. The lowest BCUT2D eigenvalue weighted by Crippen LogP contribution is -2.33. The Balaban J connectivity index is 0.000000318. The van der Waals surface area contributed by atoms with Gasteiger partial charge in [0.2, 0.25) is 0 Å². The van der Waals surface area contributed by atoms with Crippen LogP contribution in [0.15, 0.2) is 48.9 Å². The van der Waals surface area contributed by atoms with Gasteiger partial charge in [-0.15, -0.1) is 0 Å². The predicted molar refractivity (Wildman–Crippen MR) is 97.8 cm³/mol. The van der Waals surface area contributed by atoms with E-state index in [1.807, 2.05) is 29.1 Å². The van der Waals surface area contributed by atoms with Crippen LogP contribution in [0.5, 0.6) is 0 Å². The molecule has 0 bridgehead atoms. The van der Waals surface area contributed by atoms with Gasteiger partial charge in [-0.1, -0.05) is 12.1 Å². The minimum Gasteiger partial charge on any atom is -0.475 e. The first kappa shape index (κ1) is 21.5. The highest BCUT2D eigenvalue weighted by Crippen LogP contribution is 2.16. The Morgan fingerprint density at radius 3 is 2.43 bits per heavy atom. The fourth-order valence-corrected chi connectivity index (χ4v) is 2.98. The molecule has 0 spiro atoms. The normalized spacial score (nSPS) is 14.0. The number of hydrogen-bond donors (Lipinski definition) is 1. The average Bonchev–Trinajstić information content (AvgIpc) is 3.32. The van der Waals surface area contributed by atoms with Crippen molar-refractivity contribution in [3.05, 3.63) is 71.8 Å². The lowest BCUT2D eigenvalue weighted by molar-refractivity contribution is -0.192. The first-order chi connectivity index (χ1) is 14.2. The molecule has 0 fully saturated rings. The van der Waals surface area contributed by atoms with E-state index in [9.17, 15) is 17.6 Å². The molecule has 0 atom stereocenters. The van der Waals surface area contributed by atoms with E-state index in [0.717, 1.165) is 43.3 Å². The molecule has 3 heterocycles. The van der Waals surface area contributed by atoms with Gasteiger partial charge in [0.05, 0.1) is 18.8 Å². The highest BCUT2D eigenvalue weighted by molar-refractivity contribution is 5.73. The lowest BCUT2D eigenvalue weighted by atomic mass is 10.2. The zero-order valence-corrected chi connectivity index (χ0v) is 15.8. The summed E-state index contributed by atoms with van der Waals surface area (Å²) in [5, 5.41) is 11.3. The zero-order chi connectivity index (χ0) is 21.7. The molecule has 4 rings (SSSR count). The van der Waals surface area contributed by atoms with Crippen LogP contribution in [-0.2, 0) is 31.0 Å². The number of fused-ring (bicyclic) bond motifs is 1. The fraction of sp³-hybridized carbons (Fsp3) is 0.316. The van der Waals surface area contributed by atoms with Gasteiger partial charge in [-0.2, -0.15) is 18.3 Å². The molecular formula is C19H19F4N5O2. The second-order valence-corrected chi connectivity index (χ2v) is 6.69. The van der Waals surface area contributed by atoms with Crippen LogP contribution >= 0.6 is 0 Å². The lowest BCUT2D eigenvalue weighted by Gasteiger charge is -2.27. The fourth-order valence-electron chi connectivity index (χ4n) is 2.98. The van der Waals surface area contributed by atoms with E-state index < -0.39 is 12.1 Å². The molecule has 0 amide bonds. The maximum atomic E-state index is 13.0. The second kappa shape index (κ2) is 9.08. The molecule has 0 aliphatic carbocycles.